The maximum absolute atomic E-state index is 12.4. The lowest BCUT2D eigenvalue weighted by Crippen LogP contribution is -2.27. The monoisotopic (exact) mass is 430 g/mol. The first-order valence-electron chi connectivity index (χ1n) is 8.30. The Morgan fingerprint density at radius 2 is 1.81 bits per heavy atom. The topological polar surface area (TPSA) is 84.3 Å². The van der Waals surface area contributed by atoms with Crippen LogP contribution in [0.1, 0.15) is 36.9 Å². The standard InChI is InChI=1S/C20H19BrN2O4/c1-20(2,3)27-19(25)23-14-6-4-12(5-7-14)15-10-13(11-22-15)18(24)16-8-9-17(21)26-16/h4-11,22H,1-3H3,(H,23,25). The molecule has 1 aromatic carbocycles. The maximum Gasteiger partial charge on any atom is 0.412 e. The SMILES string of the molecule is CC(C)(C)OC(=O)Nc1ccc(-c2cc(C(=O)c3ccc(Br)o3)c[nH]2)cc1. The van der Waals surface area contributed by atoms with Crippen LogP contribution in [0.15, 0.2) is 57.7 Å². The summed E-state index contributed by atoms with van der Waals surface area (Å²) < 4.78 is 11.0. The summed E-state index contributed by atoms with van der Waals surface area (Å²) in [5, 5.41) is 2.68. The summed E-state index contributed by atoms with van der Waals surface area (Å²) in [5.74, 6) is 0.0655. The first-order chi connectivity index (χ1) is 12.7. The molecule has 0 aliphatic heterocycles. The number of hydrogen-bond acceptors (Lipinski definition) is 4. The van der Waals surface area contributed by atoms with Gasteiger partial charge in [0.05, 0.1) is 0 Å². The molecular weight excluding hydrogens is 412 g/mol. The number of aromatic nitrogens is 1. The minimum absolute atomic E-state index is 0.202. The molecule has 0 radical (unpaired) electrons. The Labute approximate surface area is 165 Å². The number of ether oxygens (including phenoxy) is 1. The van der Waals surface area contributed by atoms with Crippen molar-refractivity contribution < 1.29 is 18.7 Å². The largest absolute Gasteiger partial charge is 0.446 e. The van der Waals surface area contributed by atoms with Gasteiger partial charge in [0.1, 0.15) is 5.60 Å². The summed E-state index contributed by atoms with van der Waals surface area (Å²) in [4.78, 5) is 27.3. The Morgan fingerprint density at radius 1 is 1.11 bits per heavy atom. The molecule has 0 saturated carbocycles. The van der Waals surface area contributed by atoms with Gasteiger partial charge < -0.3 is 14.1 Å². The van der Waals surface area contributed by atoms with Gasteiger partial charge in [0, 0.05) is 23.1 Å². The average Bonchev–Trinajstić information content (AvgIpc) is 3.22. The molecule has 6 nitrogen and oxygen atoms in total. The highest BCUT2D eigenvalue weighted by atomic mass is 79.9. The van der Waals surface area contributed by atoms with Crippen molar-refractivity contribution in [2.75, 3.05) is 5.32 Å². The van der Waals surface area contributed by atoms with Gasteiger partial charge in [0.15, 0.2) is 10.4 Å². The van der Waals surface area contributed by atoms with Crippen LogP contribution >= 0.6 is 15.9 Å². The number of aromatic amines is 1. The van der Waals surface area contributed by atoms with E-state index in [0.717, 1.165) is 11.3 Å². The van der Waals surface area contributed by atoms with E-state index in [1.165, 1.54) is 0 Å². The highest BCUT2D eigenvalue weighted by Gasteiger charge is 2.17. The number of rotatable bonds is 4. The zero-order valence-electron chi connectivity index (χ0n) is 15.1. The number of hydrogen-bond donors (Lipinski definition) is 2. The summed E-state index contributed by atoms with van der Waals surface area (Å²) in [5.41, 5.74) is 2.23. The van der Waals surface area contributed by atoms with Crippen molar-refractivity contribution in [1.29, 1.82) is 0 Å². The molecule has 1 amide bonds. The third-order valence-electron chi connectivity index (χ3n) is 3.58. The number of ketones is 1. The van der Waals surface area contributed by atoms with Crippen LogP contribution in [0, 0.1) is 0 Å². The summed E-state index contributed by atoms with van der Waals surface area (Å²) >= 11 is 3.19. The van der Waals surface area contributed by atoms with Crippen molar-refractivity contribution in [2.45, 2.75) is 26.4 Å². The Kier molecular flexibility index (Phi) is 5.23. The number of carbonyl (C=O) groups excluding carboxylic acids is 2. The van der Waals surface area contributed by atoms with E-state index in [1.54, 1.807) is 57.3 Å². The van der Waals surface area contributed by atoms with Crippen LogP contribution in [-0.2, 0) is 4.74 Å². The summed E-state index contributed by atoms with van der Waals surface area (Å²) in [6.45, 7) is 5.42. The van der Waals surface area contributed by atoms with Crippen LogP contribution in [0.4, 0.5) is 10.5 Å². The number of furan rings is 1. The third-order valence-corrected chi connectivity index (χ3v) is 4.01. The fourth-order valence-electron chi connectivity index (χ4n) is 2.43. The van der Waals surface area contributed by atoms with Gasteiger partial charge in [-0.05, 0) is 72.6 Å². The molecule has 2 aromatic heterocycles. The summed E-state index contributed by atoms with van der Waals surface area (Å²) in [7, 11) is 0. The average molecular weight is 431 g/mol. The van der Waals surface area contributed by atoms with E-state index in [9.17, 15) is 9.59 Å². The van der Waals surface area contributed by atoms with Gasteiger partial charge in [-0.15, -0.1) is 0 Å². The van der Waals surface area contributed by atoms with E-state index in [-0.39, 0.29) is 11.5 Å². The van der Waals surface area contributed by atoms with Crippen molar-refractivity contribution in [1.82, 2.24) is 4.98 Å². The lowest BCUT2D eigenvalue weighted by atomic mass is 10.1. The molecule has 2 heterocycles. The van der Waals surface area contributed by atoms with Crippen molar-refractivity contribution in [3.8, 4) is 11.3 Å². The predicted octanol–water partition coefficient (Wildman–Crippen LogP) is 5.62. The molecule has 0 unspecified atom stereocenters. The van der Waals surface area contributed by atoms with Crippen LogP contribution < -0.4 is 5.32 Å². The molecule has 0 bridgehead atoms. The molecular formula is C20H19BrN2O4. The second-order valence-corrected chi connectivity index (χ2v) is 7.72. The number of halogens is 1. The predicted molar refractivity (Wildman–Crippen MR) is 106 cm³/mol. The van der Waals surface area contributed by atoms with Gasteiger partial charge in [-0.3, -0.25) is 10.1 Å². The number of carbonyl (C=O) groups is 2. The Morgan fingerprint density at radius 3 is 2.41 bits per heavy atom. The van der Waals surface area contributed by atoms with Crippen molar-refractivity contribution in [3.63, 3.8) is 0 Å². The lowest BCUT2D eigenvalue weighted by molar-refractivity contribution is 0.0635. The smallest absolute Gasteiger partial charge is 0.412 e. The van der Waals surface area contributed by atoms with E-state index in [0.29, 0.717) is 15.9 Å². The van der Waals surface area contributed by atoms with Crippen LogP contribution in [0.25, 0.3) is 11.3 Å². The van der Waals surface area contributed by atoms with Gasteiger partial charge in [0.25, 0.3) is 0 Å². The molecule has 0 fully saturated rings. The highest BCUT2D eigenvalue weighted by Crippen LogP contribution is 2.24. The van der Waals surface area contributed by atoms with Gasteiger partial charge in [-0.1, -0.05) is 12.1 Å². The number of anilines is 1. The second-order valence-electron chi connectivity index (χ2n) is 6.94. The molecule has 0 saturated heterocycles. The number of benzene rings is 1. The highest BCUT2D eigenvalue weighted by molar-refractivity contribution is 9.10. The van der Waals surface area contributed by atoms with Gasteiger partial charge in [-0.2, -0.15) is 0 Å². The van der Waals surface area contributed by atoms with Crippen LogP contribution in [0.3, 0.4) is 0 Å². The lowest BCUT2D eigenvalue weighted by Gasteiger charge is -2.19. The third kappa shape index (κ3) is 4.89. The number of amides is 1. The molecule has 0 spiro atoms. The van der Waals surface area contributed by atoms with E-state index in [1.807, 2.05) is 12.1 Å². The van der Waals surface area contributed by atoms with Gasteiger partial charge >= 0.3 is 6.09 Å². The van der Waals surface area contributed by atoms with Crippen LogP contribution in [-0.4, -0.2) is 22.5 Å². The van der Waals surface area contributed by atoms with Crippen LogP contribution in [0.5, 0.6) is 0 Å². The molecule has 0 aliphatic rings. The molecule has 3 rings (SSSR count). The zero-order valence-corrected chi connectivity index (χ0v) is 16.7. The minimum atomic E-state index is -0.555. The fourth-order valence-corrected chi connectivity index (χ4v) is 2.73. The molecule has 140 valence electrons. The maximum atomic E-state index is 12.4. The summed E-state index contributed by atoms with van der Waals surface area (Å²) in [6.07, 6.45) is 1.13. The van der Waals surface area contributed by atoms with Crippen molar-refractivity contribution in [3.05, 3.63) is 64.7 Å². The second kappa shape index (κ2) is 7.44. The Balaban J connectivity index is 1.70. The van der Waals surface area contributed by atoms with Crippen molar-refractivity contribution in [2.24, 2.45) is 0 Å². The first-order valence-corrected chi connectivity index (χ1v) is 9.09. The molecule has 7 heteroatoms. The zero-order chi connectivity index (χ0) is 19.6. The Hall–Kier alpha value is -2.80. The number of H-pyrrole nitrogens is 1. The first kappa shape index (κ1) is 19.0. The van der Waals surface area contributed by atoms with Gasteiger partial charge in [0.2, 0.25) is 5.78 Å². The normalized spacial score (nSPS) is 11.3. The fraction of sp³-hybridized carbons (Fsp3) is 0.200. The molecule has 2 N–H and O–H groups in total. The molecule has 0 atom stereocenters. The molecule has 27 heavy (non-hydrogen) atoms. The van der Waals surface area contributed by atoms with Crippen LogP contribution in [0.2, 0.25) is 0 Å². The summed E-state index contributed by atoms with van der Waals surface area (Å²) in [6, 6.07) is 12.3. The van der Waals surface area contributed by atoms with E-state index < -0.39 is 11.7 Å². The number of nitrogens with one attached hydrogen (secondary N) is 2. The van der Waals surface area contributed by atoms with Gasteiger partial charge in [-0.25, -0.2) is 4.79 Å². The van der Waals surface area contributed by atoms with E-state index in [2.05, 4.69) is 26.2 Å². The van der Waals surface area contributed by atoms with E-state index in [4.69, 9.17) is 9.15 Å². The molecule has 3 aromatic rings. The van der Waals surface area contributed by atoms with Crippen molar-refractivity contribution >= 4 is 33.5 Å². The van der Waals surface area contributed by atoms with E-state index >= 15 is 0 Å². The minimum Gasteiger partial charge on any atom is -0.446 e. The quantitative estimate of drug-likeness (QED) is 0.526. The molecule has 0 aliphatic carbocycles. The Bertz CT molecular complexity index is 965.